The number of urea groups is 1. The molecule has 1 aliphatic rings. The summed E-state index contributed by atoms with van der Waals surface area (Å²) in [5.41, 5.74) is 4.79. The molecule has 3 aromatic heterocycles. The topological polar surface area (TPSA) is 145 Å². The lowest BCUT2D eigenvalue weighted by Crippen LogP contribution is -2.37. The van der Waals surface area contributed by atoms with Crippen LogP contribution < -0.4 is 15.4 Å². The molecule has 210 valence electrons. The van der Waals surface area contributed by atoms with Crippen LogP contribution >= 0.6 is 11.3 Å². The first-order chi connectivity index (χ1) is 19.1. The van der Waals surface area contributed by atoms with E-state index in [4.69, 9.17) is 0 Å². The number of likely N-dealkylation sites (N-methyl/N-ethyl adjacent to an activating group) is 1. The summed E-state index contributed by atoms with van der Waals surface area (Å²) >= 11 is 1.36. The van der Waals surface area contributed by atoms with Crippen LogP contribution in [0.2, 0.25) is 0 Å². The Bertz CT molecular complexity index is 1620. The molecule has 40 heavy (non-hydrogen) atoms. The molecule has 1 aromatic carbocycles. The summed E-state index contributed by atoms with van der Waals surface area (Å²) < 4.78 is 30.6. The van der Waals surface area contributed by atoms with Crippen molar-refractivity contribution in [3.8, 4) is 22.4 Å². The molecule has 0 bridgehead atoms. The lowest BCUT2D eigenvalue weighted by Gasteiger charge is -2.20. The Morgan fingerprint density at radius 2 is 1.90 bits per heavy atom. The maximum absolute atomic E-state index is 12.9. The van der Waals surface area contributed by atoms with Crippen molar-refractivity contribution in [1.29, 1.82) is 0 Å². The van der Waals surface area contributed by atoms with Crippen molar-refractivity contribution < 1.29 is 13.2 Å². The summed E-state index contributed by atoms with van der Waals surface area (Å²) in [7, 11) is 0.120. The normalized spacial score (nSPS) is 16.0. The highest BCUT2D eigenvalue weighted by atomic mass is 32.2. The van der Waals surface area contributed by atoms with Gasteiger partial charge < -0.3 is 10.2 Å². The highest BCUT2D eigenvalue weighted by molar-refractivity contribution is 7.90. The summed E-state index contributed by atoms with van der Waals surface area (Å²) in [5.74, 6) is 0.000590. The van der Waals surface area contributed by atoms with Crippen molar-refractivity contribution >= 4 is 48.9 Å². The Kier molecular flexibility index (Phi) is 7.94. The zero-order chi connectivity index (χ0) is 28.4. The molecule has 5 rings (SSSR count). The summed E-state index contributed by atoms with van der Waals surface area (Å²) in [6, 6.07) is 7.64. The fraction of sp³-hybridized carbons (Fsp3) is 0.346. The number of fused-ring (bicyclic) bond motifs is 1. The van der Waals surface area contributed by atoms with Crippen LogP contribution in [0.3, 0.4) is 0 Å². The van der Waals surface area contributed by atoms with Crippen LogP contribution in [-0.4, -0.2) is 83.4 Å². The zero-order valence-electron chi connectivity index (χ0n) is 22.7. The number of pyridine rings is 1. The number of hydrogen-bond acceptors (Lipinski definition) is 9. The fourth-order valence-corrected chi connectivity index (χ4v) is 6.58. The van der Waals surface area contributed by atoms with Gasteiger partial charge in [-0.2, -0.15) is 12.7 Å². The number of nitrogens with zero attached hydrogens (tertiary/aromatic N) is 6. The number of benzene rings is 1. The van der Waals surface area contributed by atoms with Crippen LogP contribution in [-0.2, 0) is 10.2 Å². The second kappa shape index (κ2) is 11.4. The number of aromatic nitrogens is 4. The number of anilines is 2. The first kappa shape index (κ1) is 27.8. The summed E-state index contributed by atoms with van der Waals surface area (Å²) in [6.45, 7) is 5.18. The SMILES string of the molecule is CCNC(=O)Nc1nc2cc(-c3cnc(NS(=O)(=O)N4CC[C@@H](N(C)C)C4)nc3)cc(-c3ccc(C)cn3)c2s1. The van der Waals surface area contributed by atoms with E-state index in [1.165, 1.54) is 15.6 Å². The van der Waals surface area contributed by atoms with Gasteiger partial charge in [-0.05, 0) is 63.7 Å². The van der Waals surface area contributed by atoms with Gasteiger partial charge in [0, 0.05) is 55.4 Å². The van der Waals surface area contributed by atoms with Crippen molar-refractivity contribution in [2.75, 3.05) is 43.8 Å². The largest absolute Gasteiger partial charge is 0.338 e. The van der Waals surface area contributed by atoms with Crippen LogP contribution in [0.4, 0.5) is 15.9 Å². The van der Waals surface area contributed by atoms with Gasteiger partial charge in [-0.25, -0.2) is 24.5 Å². The molecule has 0 aliphatic carbocycles. The van der Waals surface area contributed by atoms with E-state index in [-0.39, 0.29) is 18.0 Å². The van der Waals surface area contributed by atoms with E-state index >= 15 is 0 Å². The molecule has 0 spiro atoms. The Morgan fingerprint density at radius 3 is 2.55 bits per heavy atom. The number of rotatable bonds is 8. The van der Waals surface area contributed by atoms with Gasteiger partial charge in [0.05, 0.1) is 15.9 Å². The monoisotopic (exact) mass is 581 g/mol. The quantitative estimate of drug-likeness (QED) is 0.286. The minimum atomic E-state index is -3.77. The molecule has 1 saturated heterocycles. The van der Waals surface area contributed by atoms with Crippen LogP contribution in [0.1, 0.15) is 18.9 Å². The number of nitrogens with one attached hydrogen (secondary N) is 3. The third kappa shape index (κ3) is 6.04. The maximum Gasteiger partial charge on any atom is 0.321 e. The minimum Gasteiger partial charge on any atom is -0.338 e. The number of aryl methyl sites for hydroxylation is 1. The van der Waals surface area contributed by atoms with Crippen molar-refractivity contribution in [3.63, 3.8) is 0 Å². The molecular formula is C26H31N9O3S2. The molecule has 4 aromatic rings. The molecule has 1 fully saturated rings. The predicted molar refractivity (Wildman–Crippen MR) is 158 cm³/mol. The third-order valence-electron chi connectivity index (χ3n) is 6.64. The summed E-state index contributed by atoms with van der Waals surface area (Å²) in [4.78, 5) is 31.9. The molecule has 12 nitrogen and oxygen atoms in total. The smallest absolute Gasteiger partial charge is 0.321 e. The predicted octanol–water partition coefficient (Wildman–Crippen LogP) is 3.56. The Balaban J connectivity index is 1.44. The van der Waals surface area contributed by atoms with Gasteiger partial charge in [0.2, 0.25) is 5.95 Å². The molecule has 0 unspecified atom stereocenters. The molecule has 4 heterocycles. The number of hydrogen-bond donors (Lipinski definition) is 3. The van der Waals surface area contributed by atoms with E-state index in [9.17, 15) is 13.2 Å². The van der Waals surface area contributed by atoms with Crippen LogP contribution in [0.15, 0.2) is 42.9 Å². The van der Waals surface area contributed by atoms with Gasteiger partial charge in [0.1, 0.15) is 0 Å². The molecule has 14 heteroatoms. The van der Waals surface area contributed by atoms with E-state index in [1.54, 1.807) is 18.6 Å². The van der Waals surface area contributed by atoms with Crippen LogP contribution in [0.25, 0.3) is 32.6 Å². The van der Waals surface area contributed by atoms with E-state index in [0.29, 0.717) is 35.8 Å². The maximum atomic E-state index is 12.9. The van der Waals surface area contributed by atoms with E-state index < -0.39 is 10.2 Å². The molecule has 1 atom stereocenters. The van der Waals surface area contributed by atoms with Crippen molar-refractivity contribution in [2.45, 2.75) is 26.3 Å². The van der Waals surface area contributed by atoms with Crippen molar-refractivity contribution in [1.82, 2.24) is 34.5 Å². The lowest BCUT2D eigenvalue weighted by atomic mass is 10.0. The second-order valence-corrected chi connectivity index (χ2v) is 12.4. The fourth-order valence-electron chi connectivity index (χ4n) is 4.43. The highest BCUT2D eigenvalue weighted by Crippen LogP contribution is 2.38. The van der Waals surface area contributed by atoms with Gasteiger partial charge >= 0.3 is 16.2 Å². The second-order valence-electron chi connectivity index (χ2n) is 9.76. The molecular weight excluding hydrogens is 550 g/mol. The number of thiazole rings is 1. The van der Waals surface area contributed by atoms with Gasteiger partial charge in [0.15, 0.2) is 5.13 Å². The molecule has 1 aliphatic heterocycles. The minimum absolute atomic E-state index is 0.000590. The van der Waals surface area contributed by atoms with E-state index in [0.717, 1.165) is 33.5 Å². The van der Waals surface area contributed by atoms with Gasteiger partial charge in [-0.15, -0.1) is 0 Å². The highest BCUT2D eigenvalue weighted by Gasteiger charge is 2.32. The zero-order valence-corrected chi connectivity index (χ0v) is 24.3. The molecule has 3 N–H and O–H groups in total. The average Bonchev–Trinajstić information content (AvgIpc) is 3.57. The van der Waals surface area contributed by atoms with Crippen molar-refractivity contribution in [2.24, 2.45) is 0 Å². The van der Waals surface area contributed by atoms with E-state index in [2.05, 4.69) is 35.3 Å². The third-order valence-corrected chi connectivity index (χ3v) is 9.11. The standard InChI is InChI=1S/C26H31N9O3S2/c1-5-27-25(36)32-26-31-22-11-17(10-20(23(22)39-26)21-7-6-16(2)12-28-21)18-13-29-24(30-14-18)33-40(37,38)35-9-8-19(15-35)34(3)4/h6-7,10-14,19H,5,8-9,15H2,1-4H3,(H,29,30,33)(H2,27,31,32,36)/t19-/m1/s1. The number of carbonyl (C=O) groups excluding carboxylic acids is 1. The number of carbonyl (C=O) groups is 1. The Morgan fingerprint density at radius 1 is 1.12 bits per heavy atom. The Labute approximate surface area is 237 Å². The summed E-state index contributed by atoms with van der Waals surface area (Å²) in [6.07, 6.45) is 5.72. The van der Waals surface area contributed by atoms with Gasteiger partial charge in [-0.1, -0.05) is 17.4 Å². The van der Waals surface area contributed by atoms with Gasteiger partial charge in [-0.3, -0.25) is 10.3 Å². The summed E-state index contributed by atoms with van der Waals surface area (Å²) in [5, 5.41) is 5.95. The average molecular weight is 582 g/mol. The van der Waals surface area contributed by atoms with E-state index in [1.807, 2.05) is 57.1 Å². The van der Waals surface area contributed by atoms with Crippen molar-refractivity contribution in [3.05, 3.63) is 48.4 Å². The van der Waals surface area contributed by atoms with Crippen LogP contribution in [0.5, 0.6) is 0 Å². The Hall–Kier alpha value is -3.72. The first-order valence-electron chi connectivity index (χ1n) is 12.8. The van der Waals surface area contributed by atoms with Gasteiger partial charge in [0.25, 0.3) is 0 Å². The molecule has 2 amide bonds. The number of amides is 2. The molecule has 0 radical (unpaired) electrons. The lowest BCUT2D eigenvalue weighted by molar-refractivity contribution is 0.252. The molecule has 0 saturated carbocycles. The first-order valence-corrected chi connectivity index (χ1v) is 15.1. The van der Waals surface area contributed by atoms with Crippen LogP contribution in [0, 0.1) is 6.92 Å².